The van der Waals surface area contributed by atoms with E-state index in [1.807, 2.05) is 0 Å². The summed E-state index contributed by atoms with van der Waals surface area (Å²) < 4.78 is 1.22. The predicted molar refractivity (Wildman–Crippen MR) is 55.3 cm³/mol. The van der Waals surface area contributed by atoms with Gasteiger partial charge in [-0.2, -0.15) is 0 Å². The Morgan fingerprint density at radius 3 is 2.73 bits per heavy atom. The van der Waals surface area contributed by atoms with Gasteiger partial charge in [0, 0.05) is 9.37 Å². The van der Waals surface area contributed by atoms with Crippen LogP contribution in [0.3, 0.4) is 0 Å². The van der Waals surface area contributed by atoms with Gasteiger partial charge in [-0.25, -0.2) is 0 Å². The Balaban J connectivity index is 3.02. The minimum Gasteiger partial charge on any atom is -0.130 e. The van der Waals surface area contributed by atoms with Gasteiger partial charge in [0.2, 0.25) is 0 Å². The molecule has 0 spiro atoms. The number of rotatable bonds is 2. The fourth-order valence-electron chi connectivity index (χ4n) is 0.949. The summed E-state index contributed by atoms with van der Waals surface area (Å²) in [5.74, 6) is 0. The summed E-state index contributed by atoms with van der Waals surface area (Å²) in [6.45, 7) is 2.17. The lowest BCUT2D eigenvalue weighted by molar-refractivity contribution is 1.11. The minimum atomic E-state index is 1.09. The van der Waals surface area contributed by atoms with E-state index < -0.39 is 0 Å². The second-order valence-corrected chi connectivity index (χ2v) is 4.04. The van der Waals surface area contributed by atoms with Crippen molar-refractivity contribution in [1.29, 1.82) is 0 Å². The van der Waals surface area contributed by atoms with E-state index in [2.05, 4.69) is 47.3 Å². The summed E-state index contributed by atoms with van der Waals surface area (Å²) in [6, 6.07) is 6.48. The maximum absolute atomic E-state index is 3.51. The van der Waals surface area contributed by atoms with Crippen molar-refractivity contribution >= 4 is 27.7 Å². The minimum absolute atomic E-state index is 1.09. The summed E-state index contributed by atoms with van der Waals surface area (Å²) in [5, 5.41) is 0. The molecular weight excluding hydrogens is 220 g/mol. The van der Waals surface area contributed by atoms with Gasteiger partial charge in [-0.1, -0.05) is 22.9 Å². The highest BCUT2D eigenvalue weighted by molar-refractivity contribution is 9.10. The number of thioether (sulfide) groups is 1. The second kappa shape index (κ2) is 4.17. The van der Waals surface area contributed by atoms with Crippen LogP contribution in [0.4, 0.5) is 0 Å². The van der Waals surface area contributed by atoms with E-state index in [0.29, 0.717) is 0 Å². The van der Waals surface area contributed by atoms with Crippen LogP contribution >= 0.6 is 27.7 Å². The molecule has 1 rings (SSSR count). The van der Waals surface area contributed by atoms with Crippen LogP contribution in [0.5, 0.6) is 0 Å². The van der Waals surface area contributed by atoms with E-state index in [4.69, 9.17) is 0 Å². The molecule has 0 saturated carbocycles. The van der Waals surface area contributed by atoms with Crippen molar-refractivity contribution in [3.8, 4) is 0 Å². The van der Waals surface area contributed by atoms with Gasteiger partial charge in [-0.05, 0) is 36.4 Å². The first-order chi connectivity index (χ1) is 5.27. The molecule has 0 amide bonds. The summed E-state index contributed by atoms with van der Waals surface area (Å²) >= 11 is 5.30. The first-order valence-electron chi connectivity index (χ1n) is 3.60. The molecule has 0 N–H and O–H groups in total. The number of benzene rings is 1. The molecule has 2 heteroatoms. The lowest BCUT2D eigenvalue weighted by Gasteiger charge is -2.02. The highest BCUT2D eigenvalue weighted by Gasteiger charge is 1.97. The zero-order valence-corrected chi connectivity index (χ0v) is 9.13. The number of halogens is 1. The van der Waals surface area contributed by atoms with Gasteiger partial charge in [-0.3, -0.25) is 0 Å². The molecule has 0 unspecified atom stereocenters. The highest BCUT2D eigenvalue weighted by atomic mass is 79.9. The molecule has 0 aliphatic carbocycles. The number of hydrogen-bond acceptors (Lipinski definition) is 1. The van der Waals surface area contributed by atoms with Gasteiger partial charge >= 0.3 is 0 Å². The fourth-order valence-corrected chi connectivity index (χ4v) is 1.94. The van der Waals surface area contributed by atoms with Crippen molar-refractivity contribution in [2.24, 2.45) is 0 Å². The van der Waals surface area contributed by atoms with Gasteiger partial charge in [0.25, 0.3) is 0 Å². The van der Waals surface area contributed by atoms with E-state index in [-0.39, 0.29) is 0 Å². The van der Waals surface area contributed by atoms with Gasteiger partial charge in [0.05, 0.1) is 0 Å². The number of hydrogen-bond donors (Lipinski definition) is 0. The average Bonchev–Trinajstić information content (AvgIpc) is 2.05. The topological polar surface area (TPSA) is 0 Å². The molecule has 0 aliphatic heterocycles. The van der Waals surface area contributed by atoms with E-state index in [9.17, 15) is 0 Å². The second-order valence-electron chi connectivity index (χ2n) is 2.31. The third-order valence-corrected chi connectivity index (χ3v) is 3.13. The van der Waals surface area contributed by atoms with Crippen molar-refractivity contribution in [3.63, 3.8) is 0 Å². The highest BCUT2D eigenvalue weighted by Crippen LogP contribution is 2.23. The van der Waals surface area contributed by atoms with E-state index in [0.717, 1.165) is 6.42 Å². The molecule has 0 atom stereocenters. The Kier molecular flexibility index (Phi) is 3.46. The van der Waals surface area contributed by atoms with Crippen molar-refractivity contribution in [1.82, 2.24) is 0 Å². The Bertz CT molecular complexity index is 245. The molecule has 0 aliphatic rings. The molecule has 1 aromatic rings. The summed E-state index contributed by atoms with van der Waals surface area (Å²) in [6.07, 6.45) is 3.19. The molecule has 0 bridgehead atoms. The van der Waals surface area contributed by atoms with E-state index in [1.54, 1.807) is 11.8 Å². The molecule has 60 valence electrons. The molecule has 1 aromatic carbocycles. The lowest BCUT2D eigenvalue weighted by Crippen LogP contribution is -1.82. The Labute approximate surface area is 80.5 Å². The van der Waals surface area contributed by atoms with Crippen LogP contribution in [0.15, 0.2) is 27.6 Å². The lowest BCUT2D eigenvalue weighted by atomic mass is 10.2. The van der Waals surface area contributed by atoms with Gasteiger partial charge in [0.1, 0.15) is 0 Å². The molecule has 0 radical (unpaired) electrons. The predicted octanol–water partition coefficient (Wildman–Crippen LogP) is 3.73. The quantitative estimate of drug-likeness (QED) is 0.699. The molecule has 0 heterocycles. The van der Waals surface area contributed by atoms with Crippen LogP contribution in [0.1, 0.15) is 12.5 Å². The van der Waals surface area contributed by atoms with Crippen LogP contribution in [0, 0.1) is 0 Å². The summed E-state index contributed by atoms with van der Waals surface area (Å²) in [4.78, 5) is 1.34. The SMILES string of the molecule is CCc1cc(SC)ccc1Br. The maximum atomic E-state index is 3.51. The van der Waals surface area contributed by atoms with Crippen LogP contribution in [0.25, 0.3) is 0 Å². The van der Waals surface area contributed by atoms with Gasteiger partial charge < -0.3 is 0 Å². The Morgan fingerprint density at radius 1 is 1.45 bits per heavy atom. The normalized spacial score (nSPS) is 10.1. The standard InChI is InChI=1S/C9H11BrS/c1-3-7-6-8(11-2)4-5-9(7)10/h4-6H,3H2,1-2H3. The molecule has 0 nitrogen and oxygen atoms in total. The van der Waals surface area contributed by atoms with Crippen molar-refractivity contribution in [3.05, 3.63) is 28.2 Å². The monoisotopic (exact) mass is 230 g/mol. The van der Waals surface area contributed by atoms with Crippen LogP contribution < -0.4 is 0 Å². The third kappa shape index (κ3) is 2.24. The van der Waals surface area contributed by atoms with Crippen LogP contribution in [-0.4, -0.2) is 6.26 Å². The molecule has 0 aromatic heterocycles. The van der Waals surface area contributed by atoms with Crippen molar-refractivity contribution < 1.29 is 0 Å². The zero-order chi connectivity index (χ0) is 8.27. The van der Waals surface area contributed by atoms with Crippen LogP contribution in [-0.2, 0) is 6.42 Å². The van der Waals surface area contributed by atoms with Gasteiger partial charge in [-0.15, -0.1) is 11.8 Å². The molecule has 0 saturated heterocycles. The Morgan fingerprint density at radius 2 is 2.18 bits per heavy atom. The maximum Gasteiger partial charge on any atom is 0.0207 e. The third-order valence-electron chi connectivity index (χ3n) is 1.63. The molecular formula is C9H11BrS. The Hall–Kier alpha value is 0.0500. The first-order valence-corrected chi connectivity index (χ1v) is 5.62. The molecule has 11 heavy (non-hydrogen) atoms. The van der Waals surface area contributed by atoms with Crippen molar-refractivity contribution in [2.75, 3.05) is 6.26 Å². The first kappa shape index (κ1) is 9.14. The van der Waals surface area contributed by atoms with Crippen LogP contribution in [0.2, 0.25) is 0 Å². The van der Waals surface area contributed by atoms with Crippen molar-refractivity contribution in [2.45, 2.75) is 18.2 Å². The summed E-state index contributed by atoms with van der Waals surface area (Å²) in [7, 11) is 0. The average molecular weight is 231 g/mol. The van der Waals surface area contributed by atoms with E-state index >= 15 is 0 Å². The molecule has 0 fully saturated rings. The van der Waals surface area contributed by atoms with E-state index in [1.165, 1.54) is 14.9 Å². The smallest absolute Gasteiger partial charge is 0.0207 e. The number of aryl methyl sites for hydroxylation is 1. The van der Waals surface area contributed by atoms with Gasteiger partial charge in [0.15, 0.2) is 0 Å². The largest absolute Gasteiger partial charge is 0.130 e. The summed E-state index contributed by atoms with van der Waals surface area (Å²) in [5.41, 5.74) is 1.39. The fraction of sp³-hybridized carbons (Fsp3) is 0.333. The zero-order valence-electron chi connectivity index (χ0n) is 6.73.